The topological polar surface area (TPSA) is 77.9 Å². The average Bonchev–Trinajstić information content (AvgIpc) is 2.45. The molecule has 0 aromatic heterocycles. The zero-order valence-electron chi connectivity index (χ0n) is 11.5. The Morgan fingerprint density at radius 1 is 1.24 bits per heavy atom. The van der Waals surface area contributed by atoms with E-state index in [1.54, 1.807) is 24.3 Å². The Hall–Kier alpha value is -2.08. The number of hydrogen-bond acceptors (Lipinski definition) is 3. The van der Waals surface area contributed by atoms with Crippen LogP contribution < -0.4 is 0 Å². The molecular weight excluding hydrogens is 296 g/mol. The van der Waals surface area contributed by atoms with Gasteiger partial charge in [0.2, 0.25) is 0 Å². The summed E-state index contributed by atoms with van der Waals surface area (Å²) in [5, 5.41) is 9.53. The van der Waals surface area contributed by atoms with Crippen molar-refractivity contribution in [2.75, 3.05) is 13.1 Å². The van der Waals surface area contributed by atoms with E-state index in [2.05, 4.69) is 0 Å². The molecule has 0 radical (unpaired) electrons. The highest BCUT2D eigenvalue weighted by molar-refractivity contribution is 6.35. The maximum absolute atomic E-state index is 12.0. The van der Waals surface area contributed by atoms with E-state index in [4.69, 9.17) is 16.7 Å². The van der Waals surface area contributed by atoms with Crippen molar-refractivity contribution in [2.45, 2.75) is 19.5 Å². The largest absolute Gasteiger partial charge is 0.480 e. The number of nitrogens with zero attached hydrogens (tertiary/aromatic N) is 2. The van der Waals surface area contributed by atoms with E-state index >= 15 is 0 Å². The summed E-state index contributed by atoms with van der Waals surface area (Å²) < 4.78 is 0. The van der Waals surface area contributed by atoms with Crippen LogP contribution in [0.4, 0.5) is 0 Å². The van der Waals surface area contributed by atoms with Gasteiger partial charge in [-0.25, -0.2) is 4.79 Å². The van der Waals surface area contributed by atoms with Gasteiger partial charge in [-0.3, -0.25) is 9.59 Å². The number of aliphatic carboxylic acids is 1. The molecule has 112 valence electrons. The minimum Gasteiger partial charge on any atom is -0.480 e. The molecule has 1 heterocycles. The SMILES string of the molecule is CC(C(=O)O)N1CCN(Cc2ccc(Cl)cc2)C(=O)C1=O. The van der Waals surface area contributed by atoms with Crippen LogP contribution in [0.15, 0.2) is 24.3 Å². The molecule has 0 bridgehead atoms. The summed E-state index contributed by atoms with van der Waals surface area (Å²) >= 11 is 5.79. The zero-order valence-corrected chi connectivity index (χ0v) is 12.2. The van der Waals surface area contributed by atoms with Crippen molar-refractivity contribution in [3.05, 3.63) is 34.9 Å². The molecule has 2 amide bonds. The number of rotatable bonds is 4. The van der Waals surface area contributed by atoms with Gasteiger partial charge >= 0.3 is 17.8 Å². The van der Waals surface area contributed by atoms with Crippen LogP contribution in [0, 0.1) is 0 Å². The van der Waals surface area contributed by atoms with Crippen LogP contribution in [0.5, 0.6) is 0 Å². The number of piperazine rings is 1. The predicted molar refractivity (Wildman–Crippen MR) is 75.7 cm³/mol. The molecule has 7 heteroatoms. The van der Waals surface area contributed by atoms with Crippen molar-refractivity contribution >= 4 is 29.4 Å². The monoisotopic (exact) mass is 310 g/mol. The Morgan fingerprint density at radius 3 is 2.43 bits per heavy atom. The summed E-state index contributed by atoms with van der Waals surface area (Å²) in [4.78, 5) is 37.4. The molecule has 6 nitrogen and oxygen atoms in total. The van der Waals surface area contributed by atoms with Gasteiger partial charge in [0.15, 0.2) is 0 Å². The van der Waals surface area contributed by atoms with Crippen LogP contribution in [0.1, 0.15) is 12.5 Å². The third kappa shape index (κ3) is 3.33. The molecule has 0 saturated carbocycles. The number of amides is 2. The van der Waals surface area contributed by atoms with Gasteiger partial charge in [0.1, 0.15) is 6.04 Å². The smallest absolute Gasteiger partial charge is 0.326 e. The highest BCUT2D eigenvalue weighted by Gasteiger charge is 2.37. The van der Waals surface area contributed by atoms with Gasteiger partial charge in [-0.15, -0.1) is 0 Å². The summed E-state index contributed by atoms with van der Waals surface area (Å²) in [5.41, 5.74) is 0.861. The number of carbonyl (C=O) groups is 3. The van der Waals surface area contributed by atoms with Crippen LogP contribution in [-0.4, -0.2) is 51.8 Å². The Labute approximate surface area is 126 Å². The minimum atomic E-state index is -1.12. The second-order valence-corrected chi connectivity index (χ2v) is 5.30. The molecule has 1 fully saturated rings. The van der Waals surface area contributed by atoms with Crippen LogP contribution >= 0.6 is 11.6 Å². The van der Waals surface area contributed by atoms with Crippen molar-refractivity contribution in [1.82, 2.24) is 9.80 Å². The first kappa shape index (κ1) is 15.3. The first-order chi connectivity index (χ1) is 9.90. The van der Waals surface area contributed by atoms with E-state index in [-0.39, 0.29) is 6.54 Å². The van der Waals surface area contributed by atoms with E-state index in [1.807, 2.05) is 0 Å². The van der Waals surface area contributed by atoms with Crippen molar-refractivity contribution in [3.63, 3.8) is 0 Å². The number of halogens is 1. The molecule has 1 aromatic carbocycles. The third-order valence-corrected chi connectivity index (χ3v) is 3.71. The van der Waals surface area contributed by atoms with Gasteiger partial charge < -0.3 is 14.9 Å². The zero-order chi connectivity index (χ0) is 15.6. The normalized spacial score (nSPS) is 17.0. The summed E-state index contributed by atoms with van der Waals surface area (Å²) in [6.45, 7) is 2.22. The van der Waals surface area contributed by atoms with Gasteiger partial charge in [-0.2, -0.15) is 0 Å². The van der Waals surface area contributed by atoms with E-state index < -0.39 is 23.8 Å². The van der Waals surface area contributed by atoms with Crippen molar-refractivity contribution < 1.29 is 19.5 Å². The standard InChI is InChI=1S/C14H15ClN2O4/c1-9(14(20)21)17-7-6-16(12(18)13(17)19)8-10-2-4-11(15)5-3-10/h2-5,9H,6-8H2,1H3,(H,20,21). The summed E-state index contributed by atoms with van der Waals surface area (Å²) in [6.07, 6.45) is 0. The van der Waals surface area contributed by atoms with Gasteiger partial charge in [0, 0.05) is 24.7 Å². The Balaban J connectivity index is 2.06. The highest BCUT2D eigenvalue weighted by atomic mass is 35.5. The lowest BCUT2D eigenvalue weighted by atomic mass is 10.1. The molecule has 1 aliphatic heterocycles. The Bertz CT molecular complexity index is 573. The van der Waals surface area contributed by atoms with E-state index in [9.17, 15) is 14.4 Å². The summed E-state index contributed by atoms with van der Waals surface area (Å²) in [7, 11) is 0. The van der Waals surface area contributed by atoms with Gasteiger partial charge in [0.25, 0.3) is 0 Å². The first-order valence-corrected chi connectivity index (χ1v) is 6.85. The van der Waals surface area contributed by atoms with Crippen molar-refractivity contribution in [2.24, 2.45) is 0 Å². The molecule has 1 aromatic rings. The third-order valence-electron chi connectivity index (χ3n) is 3.45. The lowest BCUT2D eigenvalue weighted by molar-refractivity contribution is -0.162. The number of benzene rings is 1. The summed E-state index contributed by atoms with van der Waals surface area (Å²) in [6, 6.07) is 6.00. The quantitative estimate of drug-likeness (QED) is 0.841. The van der Waals surface area contributed by atoms with E-state index in [0.29, 0.717) is 18.1 Å². The molecule has 21 heavy (non-hydrogen) atoms. The van der Waals surface area contributed by atoms with Gasteiger partial charge in [0.05, 0.1) is 0 Å². The van der Waals surface area contributed by atoms with Crippen LogP contribution in [-0.2, 0) is 20.9 Å². The highest BCUT2D eigenvalue weighted by Crippen LogP contribution is 2.15. The van der Waals surface area contributed by atoms with Gasteiger partial charge in [-0.05, 0) is 24.6 Å². The fourth-order valence-corrected chi connectivity index (χ4v) is 2.28. The lowest BCUT2D eigenvalue weighted by Crippen LogP contribution is -2.57. The van der Waals surface area contributed by atoms with Crippen LogP contribution in [0.2, 0.25) is 5.02 Å². The van der Waals surface area contributed by atoms with Crippen LogP contribution in [0.3, 0.4) is 0 Å². The van der Waals surface area contributed by atoms with E-state index in [1.165, 1.54) is 11.8 Å². The molecule has 1 saturated heterocycles. The van der Waals surface area contributed by atoms with Gasteiger partial charge in [-0.1, -0.05) is 23.7 Å². The summed E-state index contributed by atoms with van der Waals surface area (Å²) in [5.74, 6) is -2.57. The number of carboxylic acids is 1. The molecule has 1 atom stereocenters. The van der Waals surface area contributed by atoms with Crippen LogP contribution in [0.25, 0.3) is 0 Å². The number of carboxylic acid groups (broad SMARTS) is 1. The second-order valence-electron chi connectivity index (χ2n) is 4.87. The van der Waals surface area contributed by atoms with E-state index in [0.717, 1.165) is 10.5 Å². The van der Waals surface area contributed by atoms with Crippen molar-refractivity contribution in [3.8, 4) is 0 Å². The Kier molecular flexibility index (Phi) is 4.47. The fourth-order valence-electron chi connectivity index (χ4n) is 2.15. The predicted octanol–water partition coefficient (Wildman–Crippen LogP) is 0.984. The second kappa shape index (κ2) is 6.13. The maximum atomic E-state index is 12.0. The van der Waals surface area contributed by atoms with Crippen molar-refractivity contribution in [1.29, 1.82) is 0 Å². The number of carbonyl (C=O) groups excluding carboxylic acids is 2. The fraction of sp³-hybridized carbons (Fsp3) is 0.357. The molecule has 1 unspecified atom stereocenters. The molecule has 1 aliphatic rings. The lowest BCUT2D eigenvalue weighted by Gasteiger charge is -2.35. The molecular formula is C14H15ClN2O4. The molecule has 0 aliphatic carbocycles. The molecule has 1 N–H and O–H groups in total. The minimum absolute atomic E-state index is 0.214. The first-order valence-electron chi connectivity index (χ1n) is 6.47. The maximum Gasteiger partial charge on any atom is 0.326 e. The number of hydrogen-bond donors (Lipinski definition) is 1. The molecule has 2 rings (SSSR count). The average molecular weight is 311 g/mol. The Morgan fingerprint density at radius 2 is 1.86 bits per heavy atom. The molecule has 0 spiro atoms.